The van der Waals surface area contributed by atoms with E-state index < -0.39 is 0 Å². The Labute approximate surface area is 188 Å². The van der Waals surface area contributed by atoms with Crippen molar-refractivity contribution in [3.8, 4) is 11.3 Å². The number of aromatic nitrogens is 6. The second-order valence-corrected chi connectivity index (χ2v) is 9.16. The van der Waals surface area contributed by atoms with Gasteiger partial charge in [0.2, 0.25) is 0 Å². The van der Waals surface area contributed by atoms with Crippen molar-refractivity contribution in [3.63, 3.8) is 0 Å². The number of nitrogens with zero attached hydrogens (tertiary/aromatic N) is 6. The maximum Gasteiger partial charge on any atom is 0.143 e. The first-order valence-electron chi connectivity index (χ1n) is 11.4. The number of hydrogen-bond acceptors (Lipinski definition) is 5. The molecule has 0 spiro atoms. The molecule has 0 radical (unpaired) electrons. The van der Waals surface area contributed by atoms with Gasteiger partial charge in [0.05, 0.1) is 23.4 Å². The van der Waals surface area contributed by atoms with Crippen LogP contribution in [0.3, 0.4) is 0 Å². The molecule has 7 heteroatoms. The van der Waals surface area contributed by atoms with Gasteiger partial charge in [0.15, 0.2) is 0 Å². The molecule has 2 atom stereocenters. The molecular formula is C25H31N7. The van der Waals surface area contributed by atoms with Gasteiger partial charge < -0.3 is 0 Å². The van der Waals surface area contributed by atoms with E-state index in [0.717, 1.165) is 71.0 Å². The molecule has 1 aromatic carbocycles. The Balaban J connectivity index is 1.29. The summed E-state index contributed by atoms with van der Waals surface area (Å²) < 4.78 is 1.93. The number of rotatable bonds is 4. The zero-order valence-electron chi connectivity index (χ0n) is 19.6. The minimum Gasteiger partial charge on any atom is -0.293 e. The predicted octanol–water partition coefficient (Wildman–Crippen LogP) is 4.45. The Morgan fingerprint density at radius 3 is 2.66 bits per heavy atom. The molecule has 3 aromatic heterocycles. The summed E-state index contributed by atoms with van der Waals surface area (Å²) in [6.07, 6.45) is 2.20. The second-order valence-electron chi connectivity index (χ2n) is 9.16. The van der Waals surface area contributed by atoms with Crippen molar-refractivity contribution in [3.05, 3.63) is 58.9 Å². The molecule has 1 saturated heterocycles. The van der Waals surface area contributed by atoms with Gasteiger partial charge in [0.25, 0.3) is 0 Å². The van der Waals surface area contributed by atoms with Crippen LogP contribution in [-0.2, 0) is 13.6 Å². The third-order valence-electron chi connectivity index (χ3n) is 7.00. The number of fused-ring (bicyclic) bond motifs is 1. The van der Waals surface area contributed by atoms with E-state index in [1.54, 1.807) is 0 Å². The van der Waals surface area contributed by atoms with E-state index in [4.69, 9.17) is 9.97 Å². The number of aromatic amines is 1. The first-order chi connectivity index (χ1) is 15.4. The molecule has 0 aliphatic carbocycles. The first kappa shape index (κ1) is 20.8. The van der Waals surface area contributed by atoms with Gasteiger partial charge >= 0.3 is 0 Å². The fraction of sp³-hybridized carbons (Fsp3) is 0.440. The van der Waals surface area contributed by atoms with Crippen LogP contribution in [-0.4, -0.2) is 47.4 Å². The summed E-state index contributed by atoms with van der Waals surface area (Å²) in [6.45, 7) is 10.4. The maximum atomic E-state index is 4.82. The van der Waals surface area contributed by atoms with Crippen LogP contribution in [0.1, 0.15) is 54.3 Å². The highest BCUT2D eigenvalue weighted by Gasteiger charge is 2.29. The molecule has 4 heterocycles. The van der Waals surface area contributed by atoms with Gasteiger partial charge in [-0.1, -0.05) is 18.2 Å². The summed E-state index contributed by atoms with van der Waals surface area (Å²) in [4.78, 5) is 12.1. The lowest BCUT2D eigenvalue weighted by molar-refractivity contribution is 0.134. The lowest BCUT2D eigenvalue weighted by Crippen LogP contribution is -2.40. The second kappa shape index (κ2) is 8.13. The van der Waals surface area contributed by atoms with Crippen LogP contribution in [0.25, 0.3) is 22.2 Å². The Morgan fingerprint density at radius 1 is 1.09 bits per heavy atom. The zero-order chi connectivity index (χ0) is 22.4. The van der Waals surface area contributed by atoms with Crippen molar-refractivity contribution < 1.29 is 0 Å². The molecule has 1 aliphatic rings. The van der Waals surface area contributed by atoms with Crippen LogP contribution in [0.15, 0.2) is 30.3 Å². The van der Waals surface area contributed by atoms with E-state index in [2.05, 4.69) is 59.2 Å². The van der Waals surface area contributed by atoms with Gasteiger partial charge in [-0.25, -0.2) is 9.97 Å². The summed E-state index contributed by atoms with van der Waals surface area (Å²) in [5.74, 6) is 1.40. The summed E-state index contributed by atoms with van der Waals surface area (Å²) in [6, 6.07) is 10.9. The van der Waals surface area contributed by atoms with Crippen molar-refractivity contribution in [1.82, 2.24) is 34.8 Å². The van der Waals surface area contributed by atoms with Gasteiger partial charge in [-0.2, -0.15) is 10.2 Å². The molecule has 1 N–H and O–H groups in total. The molecule has 1 fully saturated rings. The average Bonchev–Trinajstić information content (AvgIpc) is 3.34. The molecule has 0 amide bonds. The quantitative estimate of drug-likeness (QED) is 0.519. The van der Waals surface area contributed by atoms with Gasteiger partial charge in [-0.3, -0.25) is 14.7 Å². The standard InChI is InChI=1S/C25H31N7/c1-15-12-19(22-13-23(29-28-22)25-17(3)30-31(5)18(25)4)10-11-32(15)14-24-26-16(2)20-8-6-7-9-21(20)27-24/h6-9,13,15,19H,10-12,14H2,1-5H3,(H,28,29)/t15-,19+/m1/s1. The highest BCUT2D eigenvalue weighted by atomic mass is 15.3. The highest BCUT2D eigenvalue weighted by Crippen LogP contribution is 2.34. The largest absolute Gasteiger partial charge is 0.293 e. The van der Waals surface area contributed by atoms with Crippen LogP contribution >= 0.6 is 0 Å². The van der Waals surface area contributed by atoms with Crippen molar-refractivity contribution in [2.24, 2.45) is 7.05 Å². The van der Waals surface area contributed by atoms with Gasteiger partial charge in [-0.05, 0) is 59.2 Å². The summed E-state index contributed by atoms with van der Waals surface area (Å²) >= 11 is 0. The van der Waals surface area contributed by atoms with Gasteiger partial charge in [0.1, 0.15) is 5.82 Å². The summed E-state index contributed by atoms with van der Waals surface area (Å²) in [5.41, 5.74) is 7.63. The van der Waals surface area contributed by atoms with Crippen molar-refractivity contribution in [2.75, 3.05) is 6.54 Å². The van der Waals surface area contributed by atoms with Crippen LogP contribution in [0.5, 0.6) is 0 Å². The van der Waals surface area contributed by atoms with Crippen LogP contribution in [0, 0.1) is 20.8 Å². The number of piperidine rings is 1. The molecule has 0 unspecified atom stereocenters. The van der Waals surface area contributed by atoms with Gasteiger partial charge in [0, 0.05) is 47.0 Å². The molecule has 5 rings (SSSR count). The Morgan fingerprint density at radius 2 is 1.91 bits per heavy atom. The third-order valence-corrected chi connectivity index (χ3v) is 7.00. The number of para-hydroxylation sites is 1. The SMILES string of the molecule is Cc1nn(C)c(C)c1-c1cc([C@H]2CCN(Cc3nc(C)c4ccccc4n3)[C@H](C)C2)[nH]n1. The normalized spacial score (nSPS) is 19.7. The van der Waals surface area contributed by atoms with Crippen molar-refractivity contribution >= 4 is 10.9 Å². The molecule has 4 aromatic rings. The van der Waals surface area contributed by atoms with E-state index in [1.807, 2.05) is 30.8 Å². The van der Waals surface area contributed by atoms with Crippen LogP contribution in [0.4, 0.5) is 0 Å². The van der Waals surface area contributed by atoms with Crippen LogP contribution in [0.2, 0.25) is 0 Å². The monoisotopic (exact) mass is 429 g/mol. The fourth-order valence-corrected chi connectivity index (χ4v) is 5.10. The number of hydrogen-bond donors (Lipinski definition) is 1. The van der Waals surface area contributed by atoms with E-state index in [1.165, 1.54) is 5.69 Å². The van der Waals surface area contributed by atoms with Crippen molar-refractivity contribution in [2.45, 2.75) is 59.0 Å². The van der Waals surface area contributed by atoms with Gasteiger partial charge in [-0.15, -0.1) is 0 Å². The highest BCUT2D eigenvalue weighted by molar-refractivity contribution is 5.80. The Bertz CT molecular complexity index is 1270. The minimum absolute atomic E-state index is 0.456. The van der Waals surface area contributed by atoms with Crippen LogP contribution < -0.4 is 0 Å². The molecule has 1 aliphatic heterocycles. The molecule has 7 nitrogen and oxygen atoms in total. The number of H-pyrrole nitrogens is 1. The maximum absolute atomic E-state index is 4.82. The molecule has 0 bridgehead atoms. The van der Waals surface area contributed by atoms with E-state index in [0.29, 0.717) is 12.0 Å². The zero-order valence-corrected chi connectivity index (χ0v) is 19.6. The number of benzene rings is 1. The van der Waals surface area contributed by atoms with E-state index >= 15 is 0 Å². The lowest BCUT2D eigenvalue weighted by atomic mass is 9.88. The van der Waals surface area contributed by atoms with Crippen molar-refractivity contribution in [1.29, 1.82) is 0 Å². The Hall–Kier alpha value is -3.06. The molecule has 32 heavy (non-hydrogen) atoms. The molecule has 0 saturated carbocycles. The van der Waals surface area contributed by atoms with E-state index in [-0.39, 0.29) is 0 Å². The number of likely N-dealkylation sites (tertiary alicyclic amines) is 1. The Kier molecular flexibility index (Phi) is 5.29. The predicted molar refractivity (Wildman–Crippen MR) is 126 cm³/mol. The topological polar surface area (TPSA) is 75.5 Å². The smallest absolute Gasteiger partial charge is 0.143 e. The van der Waals surface area contributed by atoms with E-state index in [9.17, 15) is 0 Å². The summed E-state index contributed by atoms with van der Waals surface area (Å²) in [7, 11) is 1.98. The molecular weight excluding hydrogens is 398 g/mol. The number of aryl methyl sites for hydroxylation is 3. The fourth-order valence-electron chi connectivity index (χ4n) is 5.10. The third kappa shape index (κ3) is 3.71. The number of nitrogens with one attached hydrogen (secondary N) is 1. The molecule has 166 valence electrons. The minimum atomic E-state index is 0.456. The first-order valence-corrected chi connectivity index (χ1v) is 11.4. The average molecular weight is 430 g/mol. The summed E-state index contributed by atoms with van der Waals surface area (Å²) in [5, 5.41) is 13.6. The lowest BCUT2D eigenvalue weighted by Gasteiger charge is -2.36.